The SMILES string of the molecule is O=C(Oc1ccc([N+](=O)[O-])cc1)OC1CC2CCC1C2. The highest BCUT2D eigenvalue weighted by molar-refractivity contribution is 5.64. The summed E-state index contributed by atoms with van der Waals surface area (Å²) in [5.74, 6) is 1.42. The predicted octanol–water partition coefficient (Wildman–Crippen LogP) is 3.30. The predicted molar refractivity (Wildman–Crippen MR) is 69.4 cm³/mol. The average Bonchev–Trinajstić information content (AvgIpc) is 3.01. The van der Waals surface area contributed by atoms with Gasteiger partial charge in [-0.3, -0.25) is 10.1 Å². The summed E-state index contributed by atoms with van der Waals surface area (Å²) in [6, 6.07) is 5.36. The van der Waals surface area contributed by atoms with Gasteiger partial charge in [-0.25, -0.2) is 4.79 Å². The van der Waals surface area contributed by atoms with Crippen LogP contribution in [-0.4, -0.2) is 17.2 Å². The number of ether oxygens (including phenoxy) is 2. The molecule has 0 heterocycles. The molecule has 6 nitrogen and oxygen atoms in total. The molecule has 2 fully saturated rings. The summed E-state index contributed by atoms with van der Waals surface area (Å²) in [7, 11) is 0. The molecule has 0 radical (unpaired) electrons. The smallest absolute Gasteiger partial charge is 0.430 e. The molecule has 106 valence electrons. The molecule has 3 rings (SSSR count). The molecular weight excluding hydrogens is 262 g/mol. The van der Waals surface area contributed by atoms with Crippen molar-refractivity contribution in [3.63, 3.8) is 0 Å². The summed E-state index contributed by atoms with van der Waals surface area (Å²) in [4.78, 5) is 21.7. The largest absolute Gasteiger partial charge is 0.514 e. The molecule has 1 aromatic carbocycles. The minimum absolute atomic E-state index is 0.0284. The van der Waals surface area contributed by atoms with Crippen LogP contribution in [0.1, 0.15) is 25.7 Å². The Morgan fingerprint density at radius 1 is 1.20 bits per heavy atom. The van der Waals surface area contributed by atoms with Gasteiger partial charge in [0.15, 0.2) is 0 Å². The molecule has 0 aromatic heterocycles. The molecule has 0 amide bonds. The molecule has 0 aliphatic heterocycles. The molecule has 3 unspecified atom stereocenters. The third kappa shape index (κ3) is 2.59. The van der Waals surface area contributed by atoms with Crippen LogP contribution in [0.2, 0.25) is 0 Å². The summed E-state index contributed by atoms with van der Waals surface area (Å²) >= 11 is 0. The lowest BCUT2D eigenvalue weighted by Crippen LogP contribution is -2.25. The Kier molecular flexibility index (Phi) is 3.30. The molecule has 6 heteroatoms. The highest BCUT2D eigenvalue weighted by Gasteiger charge is 2.42. The van der Waals surface area contributed by atoms with E-state index in [1.165, 1.54) is 30.7 Å². The quantitative estimate of drug-likeness (QED) is 0.366. The average molecular weight is 277 g/mol. The second-order valence-corrected chi connectivity index (χ2v) is 5.43. The van der Waals surface area contributed by atoms with Gasteiger partial charge in [0.05, 0.1) is 4.92 Å². The normalized spacial score (nSPS) is 27.3. The van der Waals surface area contributed by atoms with Crippen molar-refractivity contribution in [1.29, 1.82) is 0 Å². The van der Waals surface area contributed by atoms with E-state index in [0.717, 1.165) is 19.3 Å². The Morgan fingerprint density at radius 3 is 2.50 bits per heavy atom. The monoisotopic (exact) mass is 277 g/mol. The lowest BCUT2D eigenvalue weighted by Gasteiger charge is -2.21. The molecule has 3 atom stereocenters. The van der Waals surface area contributed by atoms with Gasteiger partial charge in [-0.2, -0.15) is 0 Å². The summed E-state index contributed by atoms with van der Waals surface area (Å²) in [6.45, 7) is 0. The Bertz CT molecular complexity index is 527. The van der Waals surface area contributed by atoms with Crippen molar-refractivity contribution in [2.24, 2.45) is 11.8 Å². The second kappa shape index (κ2) is 5.11. The number of carbonyl (C=O) groups excluding carboxylic acids is 1. The molecule has 1 aromatic rings. The maximum absolute atomic E-state index is 11.7. The van der Waals surface area contributed by atoms with Crippen molar-refractivity contribution in [2.75, 3.05) is 0 Å². The Hall–Kier alpha value is -2.11. The Labute approximate surface area is 115 Å². The van der Waals surface area contributed by atoms with Gasteiger partial charge in [0, 0.05) is 12.1 Å². The summed E-state index contributed by atoms with van der Waals surface area (Å²) < 4.78 is 10.4. The zero-order valence-corrected chi connectivity index (χ0v) is 10.9. The fraction of sp³-hybridized carbons (Fsp3) is 0.500. The molecule has 0 spiro atoms. The minimum atomic E-state index is -0.726. The zero-order chi connectivity index (χ0) is 14.1. The van der Waals surface area contributed by atoms with Crippen LogP contribution in [0.4, 0.5) is 10.5 Å². The van der Waals surface area contributed by atoms with E-state index < -0.39 is 11.1 Å². The van der Waals surface area contributed by atoms with Gasteiger partial charge in [0.2, 0.25) is 0 Å². The van der Waals surface area contributed by atoms with Gasteiger partial charge >= 0.3 is 6.16 Å². The second-order valence-electron chi connectivity index (χ2n) is 5.43. The fourth-order valence-electron chi connectivity index (χ4n) is 3.21. The number of non-ortho nitro benzene ring substituents is 1. The number of hydrogen-bond donors (Lipinski definition) is 0. The number of rotatable bonds is 3. The first kappa shape index (κ1) is 12.9. The number of fused-ring (bicyclic) bond motifs is 2. The van der Waals surface area contributed by atoms with Crippen molar-refractivity contribution >= 4 is 11.8 Å². The van der Waals surface area contributed by atoms with E-state index in [9.17, 15) is 14.9 Å². The molecule has 0 N–H and O–H groups in total. The zero-order valence-electron chi connectivity index (χ0n) is 10.9. The molecule has 2 bridgehead atoms. The first-order valence-corrected chi connectivity index (χ1v) is 6.75. The van der Waals surface area contributed by atoms with Gasteiger partial charge in [-0.15, -0.1) is 0 Å². The molecule has 2 aliphatic rings. The van der Waals surface area contributed by atoms with Crippen LogP contribution in [-0.2, 0) is 4.74 Å². The van der Waals surface area contributed by atoms with Crippen LogP contribution in [0.5, 0.6) is 5.75 Å². The van der Waals surface area contributed by atoms with E-state index in [-0.39, 0.29) is 17.5 Å². The third-order valence-corrected chi connectivity index (χ3v) is 4.17. The molecule has 20 heavy (non-hydrogen) atoms. The van der Waals surface area contributed by atoms with Crippen LogP contribution in [0, 0.1) is 22.0 Å². The van der Waals surface area contributed by atoms with Crippen LogP contribution < -0.4 is 4.74 Å². The van der Waals surface area contributed by atoms with E-state index in [1.54, 1.807) is 0 Å². The van der Waals surface area contributed by atoms with E-state index in [4.69, 9.17) is 9.47 Å². The van der Waals surface area contributed by atoms with Gasteiger partial charge < -0.3 is 9.47 Å². The minimum Gasteiger partial charge on any atom is -0.430 e. The topological polar surface area (TPSA) is 78.7 Å². The fourth-order valence-corrected chi connectivity index (χ4v) is 3.21. The van der Waals surface area contributed by atoms with Crippen LogP contribution >= 0.6 is 0 Å². The number of nitro benzene ring substituents is 1. The van der Waals surface area contributed by atoms with Crippen molar-refractivity contribution in [3.8, 4) is 5.75 Å². The van der Waals surface area contributed by atoms with Gasteiger partial charge in [0.25, 0.3) is 5.69 Å². The van der Waals surface area contributed by atoms with Crippen molar-refractivity contribution < 1.29 is 19.2 Å². The van der Waals surface area contributed by atoms with Crippen LogP contribution in [0.25, 0.3) is 0 Å². The number of benzene rings is 1. The highest BCUT2D eigenvalue weighted by Crippen LogP contribution is 2.45. The van der Waals surface area contributed by atoms with Crippen LogP contribution in [0.15, 0.2) is 24.3 Å². The standard InChI is InChI=1S/C14H15NO5/c16-14(20-13-8-9-1-2-10(13)7-9)19-12-5-3-11(4-6-12)15(17)18/h3-6,9-10,13H,1-2,7-8H2. The Morgan fingerprint density at radius 2 is 1.95 bits per heavy atom. The molecule has 0 saturated heterocycles. The van der Waals surface area contributed by atoms with Crippen molar-refractivity contribution in [3.05, 3.63) is 34.4 Å². The first-order chi connectivity index (χ1) is 9.61. The maximum atomic E-state index is 11.7. The lowest BCUT2D eigenvalue weighted by atomic mass is 9.98. The van der Waals surface area contributed by atoms with Crippen LogP contribution in [0.3, 0.4) is 0 Å². The van der Waals surface area contributed by atoms with Gasteiger partial charge in [-0.05, 0) is 49.7 Å². The first-order valence-electron chi connectivity index (χ1n) is 6.75. The summed E-state index contributed by atoms with van der Waals surface area (Å²) in [6.07, 6.45) is 3.69. The van der Waals surface area contributed by atoms with Gasteiger partial charge in [0.1, 0.15) is 11.9 Å². The molecule has 2 saturated carbocycles. The number of hydrogen-bond acceptors (Lipinski definition) is 5. The summed E-state index contributed by atoms with van der Waals surface area (Å²) in [5.41, 5.74) is -0.0428. The maximum Gasteiger partial charge on any atom is 0.514 e. The van der Waals surface area contributed by atoms with Gasteiger partial charge in [-0.1, -0.05) is 0 Å². The highest BCUT2D eigenvalue weighted by atomic mass is 16.7. The summed E-state index contributed by atoms with van der Waals surface area (Å²) in [5, 5.41) is 10.5. The third-order valence-electron chi connectivity index (χ3n) is 4.17. The molecule has 2 aliphatic carbocycles. The van der Waals surface area contributed by atoms with E-state index in [2.05, 4.69) is 0 Å². The lowest BCUT2D eigenvalue weighted by molar-refractivity contribution is -0.384. The van der Waals surface area contributed by atoms with Crippen molar-refractivity contribution in [2.45, 2.75) is 31.8 Å². The number of nitrogens with zero attached hydrogens (tertiary/aromatic N) is 1. The number of nitro groups is 1. The Balaban J connectivity index is 1.55. The van der Waals surface area contributed by atoms with E-state index in [1.807, 2.05) is 0 Å². The van der Waals surface area contributed by atoms with Crippen molar-refractivity contribution in [1.82, 2.24) is 0 Å². The van der Waals surface area contributed by atoms with E-state index >= 15 is 0 Å². The molecular formula is C14H15NO5. The van der Waals surface area contributed by atoms with E-state index in [0.29, 0.717) is 11.8 Å². The number of carbonyl (C=O) groups is 1.